The summed E-state index contributed by atoms with van der Waals surface area (Å²) in [5.41, 5.74) is 6.48. The maximum atomic E-state index is 5.61. The lowest BCUT2D eigenvalue weighted by atomic mass is 10.3. The van der Waals surface area contributed by atoms with E-state index in [1.165, 1.54) is 0 Å². The molecule has 0 amide bonds. The minimum Gasteiger partial charge on any atom is -0.398 e. The zero-order valence-corrected chi connectivity index (χ0v) is 9.53. The van der Waals surface area contributed by atoms with Gasteiger partial charge in [-0.2, -0.15) is 0 Å². The van der Waals surface area contributed by atoms with Gasteiger partial charge in [0, 0.05) is 10.6 Å². The van der Waals surface area contributed by atoms with Gasteiger partial charge < -0.3 is 5.73 Å². The summed E-state index contributed by atoms with van der Waals surface area (Å²) in [6, 6.07) is 7.85. The minimum absolute atomic E-state index is 0.866. The van der Waals surface area contributed by atoms with Crippen molar-refractivity contribution in [2.45, 2.75) is 18.7 Å². The number of anilines is 1. The third kappa shape index (κ3) is 6.29. The molecular weight excluding hydrogens is 178 g/mol. The highest BCUT2D eigenvalue weighted by Gasteiger charge is 1.91. The van der Waals surface area contributed by atoms with Crippen LogP contribution >= 0.6 is 11.8 Å². The fourth-order valence-electron chi connectivity index (χ4n) is 0.666. The van der Waals surface area contributed by atoms with Gasteiger partial charge in [-0.1, -0.05) is 26.0 Å². The molecule has 1 aromatic carbocycles. The molecule has 0 spiro atoms. The molecule has 0 aromatic heterocycles. The first-order valence-electron chi connectivity index (χ1n) is 4.23. The van der Waals surface area contributed by atoms with Gasteiger partial charge in [-0.05, 0) is 18.4 Å². The highest BCUT2D eigenvalue weighted by molar-refractivity contribution is 7.98. The first kappa shape index (κ1) is 14.6. The number of nitrogen functional groups attached to an aromatic ring is 1. The Morgan fingerprint density at radius 2 is 1.62 bits per heavy atom. The molecule has 0 saturated heterocycles. The summed E-state index contributed by atoms with van der Waals surface area (Å²) in [6.45, 7) is 10.0. The molecule has 0 fully saturated rings. The van der Waals surface area contributed by atoms with Crippen molar-refractivity contribution in [1.82, 2.24) is 0 Å². The van der Waals surface area contributed by atoms with E-state index < -0.39 is 0 Å². The highest BCUT2D eigenvalue weighted by Crippen LogP contribution is 2.20. The normalized spacial score (nSPS) is 7.31. The SMILES string of the molecule is C=C.CC.CSc1ccccc1N. The van der Waals surface area contributed by atoms with Gasteiger partial charge in [-0.25, -0.2) is 0 Å². The Morgan fingerprint density at radius 1 is 1.15 bits per heavy atom. The lowest BCUT2D eigenvalue weighted by Crippen LogP contribution is -1.85. The van der Waals surface area contributed by atoms with Gasteiger partial charge >= 0.3 is 0 Å². The van der Waals surface area contributed by atoms with Crippen LogP contribution in [-0.2, 0) is 0 Å². The molecule has 0 saturated carbocycles. The van der Waals surface area contributed by atoms with Gasteiger partial charge in [0.1, 0.15) is 0 Å². The van der Waals surface area contributed by atoms with Crippen LogP contribution < -0.4 is 5.73 Å². The van der Waals surface area contributed by atoms with E-state index in [9.17, 15) is 0 Å². The van der Waals surface area contributed by atoms with Crippen molar-refractivity contribution < 1.29 is 0 Å². The number of rotatable bonds is 1. The number of hydrogen-bond donors (Lipinski definition) is 1. The van der Waals surface area contributed by atoms with Gasteiger partial charge in [-0.3, -0.25) is 0 Å². The molecule has 1 rings (SSSR count). The van der Waals surface area contributed by atoms with Crippen molar-refractivity contribution in [3.63, 3.8) is 0 Å². The monoisotopic (exact) mass is 197 g/mol. The van der Waals surface area contributed by atoms with Crippen molar-refractivity contribution in [3.8, 4) is 0 Å². The fourth-order valence-corrected chi connectivity index (χ4v) is 1.18. The molecule has 0 heterocycles. The molecule has 2 heteroatoms. The van der Waals surface area contributed by atoms with E-state index in [1.807, 2.05) is 44.4 Å². The average molecular weight is 197 g/mol. The largest absolute Gasteiger partial charge is 0.398 e. The van der Waals surface area contributed by atoms with Crippen molar-refractivity contribution in [1.29, 1.82) is 0 Å². The predicted octanol–water partition coefficient (Wildman–Crippen LogP) is 3.82. The van der Waals surface area contributed by atoms with Crippen molar-refractivity contribution in [2.75, 3.05) is 12.0 Å². The van der Waals surface area contributed by atoms with Crippen molar-refractivity contribution >= 4 is 17.4 Å². The Hall–Kier alpha value is -0.890. The minimum atomic E-state index is 0.866. The lowest BCUT2D eigenvalue weighted by Gasteiger charge is -1.97. The Morgan fingerprint density at radius 3 is 1.92 bits per heavy atom. The molecular formula is C11H19NS. The second kappa shape index (κ2) is 11.1. The molecule has 13 heavy (non-hydrogen) atoms. The van der Waals surface area contributed by atoms with Gasteiger partial charge in [0.25, 0.3) is 0 Å². The Bertz CT molecular complexity index is 211. The van der Waals surface area contributed by atoms with E-state index in [1.54, 1.807) is 11.8 Å². The van der Waals surface area contributed by atoms with Crippen LogP contribution in [0.2, 0.25) is 0 Å². The Labute approximate surface area is 86.0 Å². The molecule has 0 radical (unpaired) electrons. The topological polar surface area (TPSA) is 26.0 Å². The molecule has 0 aliphatic carbocycles. The fraction of sp³-hybridized carbons (Fsp3) is 0.273. The van der Waals surface area contributed by atoms with Crippen LogP contribution in [0, 0.1) is 0 Å². The van der Waals surface area contributed by atoms with Gasteiger partial charge in [0.05, 0.1) is 0 Å². The van der Waals surface area contributed by atoms with E-state index >= 15 is 0 Å². The summed E-state index contributed by atoms with van der Waals surface area (Å²) in [5, 5.41) is 0. The number of thioether (sulfide) groups is 1. The van der Waals surface area contributed by atoms with Crippen molar-refractivity contribution in [3.05, 3.63) is 37.4 Å². The summed E-state index contributed by atoms with van der Waals surface area (Å²) in [5.74, 6) is 0. The zero-order valence-electron chi connectivity index (χ0n) is 8.71. The molecule has 0 aliphatic heterocycles. The molecule has 2 N–H and O–H groups in total. The quantitative estimate of drug-likeness (QED) is 0.421. The number of nitrogens with two attached hydrogens (primary N) is 1. The van der Waals surface area contributed by atoms with Crippen LogP contribution in [0.25, 0.3) is 0 Å². The molecule has 1 nitrogen and oxygen atoms in total. The third-order valence-electron chi connectivity index (χ3n) is 1.14. The van der Waals surface area contributed by atoms with E-state index in [0.29, 0.717) is 0 Å². The lowest BCUT2D eigenvalue weighted by molar-refractivity contribution is 1.47. The van der Waals surface area contributed by atoms with E-state index in [4.69, 9.17) is 5.73 Å². The first-order valence-corrected chi connectivity index (χ1v) is 5.45. The van der Waals surface area contributed by atoms with Crippen LogP contribution in [-0.4, -0.2) is 6.26 Å². The second-order valence-electron chi connectivity index (χ2n) is 1.74. The van der Waals surface area contributed by atoms with Crippen molar-refractivity contribution in [2.24, 2.45) is 0 Å². The molecule has 74 valence electrons. The average Bonchev–Trinajstić information content (AvgIpc) is 2.24. The Balaban J connectivity index is 0. The van der Waals surface area contributed by atoms with Crippen LogP contribution in [0.15, 0.2) is 42.3 Å². The summed E-state index contributed by atoms with van der Waals surface area (Å²) in [6.07, 6.45) is 2.02. The summed E-state index contributed by atoms with van der Waals surface area (Å²) in [4.78, 5) is 1.15. The summed E-state index contributed by atoms with van der Waals surface area (Å²) < 4.78 is 0. The molecule has 0 aliphatic rings. The van der Waals surface area contributed by atoms with Crippen LogP contribution in [0.3, 0.4) is 0 Å². The first-order chi connectivity index (χ1) is 6.34. The maximum absolute atomic E-state index is 5.61. The van der Waals surface area contributed by atoms with Gasteiger partial charge in [-0.15, -0.1) is 24.9 Å². The highest BCUT2D eigenvalue weighted by atomic mass is 32.2. The second-order valence-corrected chi connectivity index (χ2v) is 2.59. The summed E-state index contributed by atoms with van der Waals surface area (Å²) >= 11 is 1.67. The van der Waals surface area contributed by atoms with E-state index in [-0.39, 0.29) is 0 Å². The summed E-state index contributed by atoms with van der Waals surface area (Å²) in [7, 11) is 0. The smallest absolute Gasteiger partial charge is 0.0452 e. The van der Waals surface area contributed by atoms with Gasteiger partial charge in [0.2, 0.25) is 0 Å². The standard InChI is InChI=1S/C7H9NS.C2H6.C2H4/c1-9-7-5-3-2-4-6(7)8;2*1-2/h2-5H,8H2,1H3;1-2H3;1-2H2. The Kier molecular flexibility index (Phi) is 12.5. The molecule has 0 atom stereocenters. The molecule has 1 aromatic rings. The third-order valence-corrected chi connectivity index (χ3v) is 1.95. The van der Waals surface area contributed by atoms with Crippen LogP contribution in [0.1, 0.15) is 13.8 Å². The number of hydrogen-bond acceptors (Lipinski definition) is 2. The number of para-hydroxylation sites is 1. The maximum Gasteiger partial charge on any atom is 0.0452 e. The van der Waals surface area contributed by atoms with Crippen LogP contribution in [0.4, 0.5) is 5.69 Å². The molecule has 0 bridgehead atoms. The van der Waals surface area contributed by atoms with Gasteiger partial charge in [0.15, 0.2) is 0 Å². The zero-order chi connectivity index (χ0) is 10.7. The molecule has 0 unspecified atom stereocenters. The predicted molar refractivity (Wildman–Crippen MR) is 65.2 cm³/mol. The number of benzene rings is 1. The van der Waals surface area contributed by atoms with Crippen LogP contribution in [0.5, 0.6) is 0 Å². The van der Waals surface area contributed by atoms with E-state index in [2.05, 4.69) is 13.2 Å². The van der Waals surface area contributed by atoms with E-state index in [0.717, 1.165) is 10.6 Å².